The minimum atomic E-state index is -0.0284. The predicted molar refractivity (Wildman–Crippen MR) is 66.0 cm³/mol. The molecule has 3 heteroatoms. The van der Waals surface area contributed by atoms with Gasteiger partial charge in [0.15, 0.2) is 0 Å². The van der Waals surface area contributed by atoms with Gasteiger partial charge in [-0.1, -0.05) is 42.5 Å². The molecule has 0 spiro atoms. The van der Waals surface area contributed by atoms with Crippen molar-refractivity contribution in [1.82, 2.24) is 10.2 Å². The van der Waals surface area contributed by atoms with E-state index in [0.29, 0.717) is 11.3 Å². The number of hydrogen-bond acceptors (Lipinski definition) is 2. The summed E-state index contributed by atoms with van der Waals surface area (Å²) in [5, 5.41) is 8.54. The average molecular weight is 222 g/mol. The molecule has 0 radical (unpaired) electrons. The van der Waals surface area contributed by atoms with Gasteiger partial charge in [0.2, 0.25) is 5.78 Å². The summed E-state index contributed by atoms with van der Waals surface area (Å²) in [6, 6.07) is 15.3. The van der Waals surface area contributed by atoms with E-state index in [1.54, 1.807) is 12.3 Å². The highest BCUT2D eigenvalue weighted by Gasteiger charge is 2.12. The van der Waals surface area contributed by atoms with E-state index in [2.05, 4.69) is 10.2 Å². The fourth-order valence-electron chi connectivity index (χ4n) is 1.95. The molecule has 0 aliphatic carbocycles. The number of aromatic amines is 1. The summed E-state index contributed by atoms with van der Waals surface area (Å²) >= 11 is 0. The van der Waals surface area contributed by atoms with Gasteiger partial charge in [0.25, 0.3) is 0 Å². The van der Waals surface area contributed by atoms with E-state index in [9.17, 15) is 4.79 Å². The Bertz CT molecular complexity index is 666. The van der Waals surface area contributed by atoms with E-state index in [-0.39, 0.29) is 5.78 Å². The number of benzene rings is 2. The molecule has 17 heavy (non-hydrogen) atoms. The van der Waals surface area contributed by atoms with Gasteiger partial charge in [-0.05, 0) is 16.8 Å². The average Bonchev–Trinajstić information content (AvgIpc) is 2.91. The Morgan fingerprint density at radius 1 is 1.00 bits per heavy atom. The van der Waals surface area contributed by atoms with Crippen molar-refractivity contribution < 1.29 is 4.79 Å². The molecule has 0 bridgehead atoms. The largest absolute Gasteiger partial charge is 0.287 e. The van der Waals surface area contributed by atoms with Crippen molar-refractivity contribution in [1.29, 1.82) is 0 Å². The summed E-state index contributed by atoms with van der Waals surface area (Å²) in [5.41, 5.74) is 1.22. The van der Waals surface area contributed by atoms with Crippen molar-refractivity contribution in [2.24, 2.45) is 0 Å². The lowest BCUT2D eigenvalue weighted by molar-refractivity contribution is 0.103. The number of nitrogens with one attached hydrogen (secondary N) is 1. The Morgan fingerprint density at radius 3 is 2.65 bits per heavy atom. The number of H-pyrrole nitrogens is 1. The summed E-state index contributed by atoms with van der Waals surface area (Å²) in [5.74, 6) is -0.0284. The van der Waals surface area contributed by atoms with Gasteiger partial charge < -0.3 is 0 Å². The molecular weight excluding hydrogens is 212 g/mol. The van der Waals surface area contributed by atoms with Crippen LogP contribution in [0.15, 0.2) is 54.7 Å². The minimum Gasteiger partial charge on any atom is -0.287 e. The number of ketones is 1. The molecule has 0 saturated carbocycles. The van der Waals surface area contributed by atoms with Crippen LogP contribution in [0, 0.1) is 0 Å². The van der Waals surface area contributed by atoms with Crippen LogP contribution in [0.5, 0.6) is 0 Å². The monoisotopic (exact) mass is 222 g/mol. The molecule has 1 heterocycles. The minimum absolute atomic E-state index is 0.0284. The maximum Gasteiger partial charge on any atom is 0.211 e. The molecule has 1 aromatic heterocycles. The van der Waals surface area contributed by atoms with Crippen LogP contribution in [0.2, 0.25) is 0 Å². The number of aromatic nitrogens is 2. The first-order valence-electron chi connectivity index (χ1n) is 5.38. The van der Waals surface area contributed by atoms with E-state index in [1.807, 2.05) is 42.5 Å². The van der Waals surface area contributed by atoms with Crippen LogP contribution in [-0.2, 0) is 0 Å². The summed E-state index contributed by atoms with van der Waals surface area (Å²) in [4.78, 5) is 12.3. The number of hydrogen-bond donors (Lipinski definition) is 1. The fraction of sp³-hybridized carbons (Fsp3) is 0. The van der Waals surface area contributed by atoms with E-state index in [0.717, 1.165) is 10.8 Å². The lowest BCUT2D eigenvalue weighted by Crippen LogP contribution is -2.02. The lowest BCUT2D eigenvalue weighted by atomic mass is 10.00. The summed E-state index contributed by atoms with van der Waals surface area (Å²) in [6.07, 6.45) is 1.58. The molecule has 3 nitrogen and oxygen atoms in total. The Morgan fingerprint density at radius 2 is 1.82 bits per heavy atom. The van der Waals surface area contributed by atoms with E-state index < -0.39 is 0 Å². The van der Waals surface area contributed by atoms with Crippen molar-refractivity contribution in [2.75, 3.05) is 0 Å². The first-order valence-corrected chi connectivity index (χ1v) is 5.38. The summed E-state index contributed by atoms with van der Waals surface area (Å²) < 4.78 is 0. The molecule has 0 fully saturated rings. The molecule has 3 aromatic rings. The third-order valence-electron chi connectivity index (χ3n) is 2.78. The van der Waals surface area contributed by atoms with Gasteiger partial charge >= 0.3 is 0 Å². The second-order valence-electron chi connectivity index (χ2n) is 3.83. The fourth-order valence-corrected chi connectivity index (χ4v) is 1.95. The maximum atomic E-state index is 12.3. The van der Waals surface area contributed by atoms with E-state index in [1.165, 1.54) is 0 Å². The molecule has 1 N–H and O–H groups in total. The molecule has 0 aliphatic rings. The summed E-state index contributed by atoms with van der Waals surface area (Å²) in [7, 11) is 0. The SMILES string of the molecule is O=C(c1ccn[nH]1)c1cccc2ccccc12. The van der Waals surface area contributed by atoms with Crippen molar-refractivity contribution in [2.45, 2.75) is 0 Å². The second-order valence-corrected chi connectivity index (χ2v) is 3.83. The molecule has 0 amide bonds. The second kappa shape index (κ2) is 3.87. The molecule has 3 rings (SSSR count). The zero-order valence-electron chi connectivity index (χ0n) is 9.05. The molecule has 0 aliphatic heterocycles. The Labute approximate surface area is 98.1 Å². The van der Waals surface area contributed by atoms with Gasteiger partial charge in [-0.2, -0.15) is 5.10 Å². The summed E-state index contributed by atoms with van der Waals surface area (Å²) in [6.45, 7) is 0. The number of nitrogens with zero attached hydrogens (tertiary/aromatic N) is 1. The number of rotatable bonds is 2. The molecular formula is C14H10N2O. The number of carbonyl (C=O) groups excluding carboxylic acids is 1. The highest BCUT2D eigenvalue weighted by molar-refractivity contribution is 6.15. The maximum absolute atomic E-state index is 12.3. The smallest absolute Gasteiger partial charge is 0.211 e. The lowest BCUT2D eigenvalue weighted by Gasteiger charge is -2.03. The topological polar surface area (TPSA) is 45.8 Å². The zero-order valence-corrected chi connectivity index (χ0v) is 9.05. The predicted octanol–water partition coefficient (Wildman–Crippen LogP) is 2.79. The van der Waals surface area contributed by atoms with Crippen LogP contribution in [0.3, 0.4) is 0 Å². The normalized spacial score (nSPS) is 10.6. The molecule has 0 unspecified atom stereocenters. The first kappa shape index (κ1) is 9.78. The molecule has 2 aromatic carbocycles. The van der Waals surface area contributed by atoms with Crippen LogP contribution in [0.4, 0.5) is 0 Å². The highest BCUT2D eigenvalue weighted by Crippen LogP contribution is 2.20. The van der Waals surface area contributed by atoms with Crippen LogP contribution in [-0.4, -0.2) is 16.0 Å². The van der Waals surface area contributed by atoms with Gasteiger partial charge in [0.05, 0.1) is 0 Å². The number of fused-ring (bicyclic) bond motifs is 1. The van der Waals surface area contributed by atoms with Crippen molar-refractivity contribution >= 4 is 16.6 Å². The van der Waals surface area contributed by atoms with Crippen LogP contribution >= 0.6 is 0 Å². The Balaban J connectivity index is 2.21. The van der Waals surface area contributed by atoms with Crippen LogP contribution < -0.4 is 0 Å². The van der Waals surface area contributed by atoms with Gasteiger partial charge in [-0.3, -0.25) is 9.89 Å². The van der Waals surface area contributed by atoms with Gasteiger partial charge in [-0.25, -0.2) is 0 Å². The van der Waals surface area contributed by atoms with E-state index in [4.69, 9.17) is 0 Å². The third kappa shape index (κ3) is 1.61. The van der Waals surface area contributed by atoms with Gasteiger partial charge in [0, 0.05) is 11.8 Å². The van der Waals surface area contributed by atoms with E-state index >= 15 is 0 Å². The van der Waals surface area contributed by atoms with Gasteiger partial charge in [-0.15, -0.1) is 0 Å². The van der Waals surface area contributed by atoms with Crippen LogP contribution in [0.1, 0.15) is 16.1 Å². The van der Waals surface area contributed by atoms with Crippen molar-refractivity contribution in [3.63, 3.8) is 0 Å². The molecule has 0 saturated heterocycles. The van der Waals surface area contributed by atoms with Crippen LogP contribution in [0.25, 0.3) is 10.8 Å². The third-order valence-corrected chi connectivity index (χ3v) is 2.78. The van der Waals surface area contributed by atoms with Crippen molar-refractivity contribution in [3.8, 4) is 0 Å². The quantitative estimate of drug-likeness (QED) is 0.677. The Hall–Kier alpha value is -2.42. The number of carbonyl (C=O) groups is 1. The Kier molecular flexibility index (Phi) is 2.22. The van der Waals surface area contributed by atoms with Gasteiger partial charge in [0.1, 0.15) is 5.69 Å². The van der Waals surface area contributed by atoms with Crippen molar-refractivity contribution in [3.05, 3.63) is 66.0 Å². The molecule has 0 atom stereocenters. The highest BCUT2D eigenvalue weighted by atomic mass is 16.1. The molecule has 82 valence electrons. The standard InChI is InChI=1S/C14H10N2O/c17-14(13-8-9-15-16-13)12-7-3-5-10-4-1-2-6-11(10)12/h1-9H,(H,15,16). The zero-order chi connectivity index (χ0) is 11.7. The first-order chi connectivity index (χ1) is 8.36.